The number of allylic oxidation sites excluding steroid dienone is 5. The Morgan fingerprint density at radius 1 is 1.29 bits per heavy atom. The van der Waals surface area contributed by atoms with Crippen LogP contribution in [0.3, 0.4) is 0 Å². The van der Waals surface area contributed by atoms with Crippen molar-refractivity contribution in [3.63, 3.8) is 0 Å². The molecule has 0 nitrogen and oxygen atoms in total. The van der Waals surface area contributed by atoms with Gasteiger partial charge in [0.25, 0.3) is 0 Å². The van der Waals surface area contributed by atoms with Crippen molar-refractivity contribution in [2.45, 2.75) is 46.5 Å². The van der Waals surface area contributed by atoms with E-state index in [1.807, 2.05) is 0 Å². The summed E-state index contributed by atoms with van der Waals surface area (Å²) in [5.41, 5.74) is 1.22. The SMILES string of the molecule is C=C(/C=C\C=C/CCCC)CC(C)C. The summed E-state index contributed by atoms with van der Waals surface area (Å²) in [6.45, 7) is 10.7. The summed E-state index contributed by atoms with van der Waals surface area (Å²) in [6, 6.07) is 0. The van der Waals surface area contributed by atoms with E-state index in [0.29, 0.717) is 5.92 Å². The van der Waals surface area contributed by atoms with Crippen molar-refractivity contribution in [1.29, 1.82) is 0 Å². The van der Waals surface area contributed by atoms with Gasteiger partial charge in [-0.05, 0) is 18.8 Å². The van der Waals surface area contributed by atoms with Crippen molar-refractivity contribution in [2.24, 2.45) is 5.92 Å². The van der Waals surface area contributed by atoms with E-state index in [-0.39, 0.29) is 0 Å². The van der Waals surface area contributed by atoms with Crippen LogP contribution in [-0.2, 0) is 0 Å². The molecule has 80 valence electrons. The molecule has 0 spiro atoms. The van der Waals surface area contributed by atoms with Gasteiger partial charge in [-0.1, -0.05) is 70.1 Å². The Morgan fingerprint density at radius 3 is 2.57 bits per heavy atom. The lowest BCUT2D eigenvalue weighted by Crippen LogP contribution is -1.86. The summed E-state index contributed by atoms with van der Waals surface area (Å²) >= 11 is 0. The van der Waals surface area contributed by atoms with Gasteiger partial charge in [0, 0.05) is 0 Å². The molecule has 0 amide bonds. The van der Waals surface area contributed by atoms with Crippen LogP contribution < -0.4 is 0 Å². The number of unbranched alkanes of at least 4 members (excludes halogenated alkanes) is 2. The van der Waals surface area contributed by atoms with E-state index >= 15 is 0 Å². The minimum absolute atomic E-state index is 0.705. The average Bonchev–Trinajstić information content (AvgIpc) is 2.10. The normalized spacial score (nSPS) is 12.0. The fourth-order valence-corrected chi connectivity index (χ4v) is 1.28. The highest BCUT2D eigenvalue weighted by Crippen LogP contribution is 2.09. The Morgan fingerprint density at radius 2 is 2.00 bits per heavy atom. The molecule has 0 bridgehead atoms. The molecule has 0 heterocycles. The van der Waals surface area contributed by atoms with Crippen LogP contribution in [0.2, 0.25) is 0 Å². The van der Waals surface area contributed by atoms with Crippen molar-refractivity contribution >= 4 is 0 Å². The largest absolute Gasteiger partial charge is 0.0958 e. The van der Waals surface area contributed by atoms with Gasteiger partial charge in [-0.2, -0.15) is 0 Å². The zero-order valence-corrected chi connectivity index (χ0v) is 9.92. The van der Waals surface area contributed by atoms with Gasteiger partial charge in [0.1, 0.15) is 0 Å². The Kier molecular flexibility index (Phi) is 8.31. The Hall–Kier alpha value is -0.780. The predicted octanol–water partition coefficient (Wildman–Crippen LogP) is 4.89. The molecule has 14 heavy (non-hydrogen) atoms. The third-order valence-corrected chi connectivity index (χ3v) is 1.97. The summed E-state index contributed by atoms with van der Waals surface area (Å²) in [6.07, 6.45) is 13.4. The zero-order chi connectivity index (χ0) is 10.8. The maximum absolute atomic E-state index is 4.01. The Labute approximate surface area is 89.4 Å². The topological polar surface area (TPSA) is 0 Å². The first-order chi connectivity index (χ1) is 6.66. The number of hydrogen-bond donors (Lipinski definition) is 0. The molecule has 0 rings (SSSR count). The first kappa shape index (κ1) is 13.2. The first-order valence-electron chi connectivity index (χ1n) is 5.67. The second kappa shape index (κ2) is 8.80. The minimum Gasteiger partial charge on any atom is -0.0958 e. The molecule has 0 N–H and O–H groups in total. The van der Waals surface area contributed by atoms with E-state index < -0.39 is 0 Å². The molecular formula is C14H24. The third-order valence-electron chi connectivity index (χ3n) is 1.97. The summed E-state index contributed by atoms with van der Waals surface area (Å²) in [5, 5.41) is 0. The molecule has 0 atom stereocenters. The molecule has 0 aromatic carbocycles. The zero-order valence-electron chi connectivity index (χ0n) is 9.92. The minimum atomic E-state index is 0.705. The van der Waals surface area contributed by atoms with E-state index in [0.717, 1.165) is 6.42 Å². The van der Waals surface area contributed by atoms with Crippen molar-refractivity contribution in [3.05, 3.63) is 36.5 Å². The maximum Gasteiger partial charge on any atom is -0.0262 e. The van der Waals surface area contributed by atoms with Crippen LogP contribution >= 0.6 is 0 Å². The third kappa shape index (κ3) is 9.31. The van der Waals surface area contributed by atoms with Crippen LogP contribution in [0, 0.1) is 5.92 Å². The highest BCUT2D eigenvalue weighted by molar-refractivity contribution is 5.19. The lowest BCUT2D eigenvalue weighted by atomic mass is 10.0. The lowest BCUT2D eigenvalue weighted by molar-refractivity contribution is 0.651. The predicted molar refractivity (Wildman–Crippen MR) is 66.4 cm³/mol. The Balaban J connectivity index is 3.60. The molecular weight excluding hydrogens is 168 g/mol. The van der Waals surface area contributed by atoms with Crippen LogP contribution in [0.15, 0.2) is 36.5 Å². The molecule has 0 aliphatic rings. The van der Waals surface area contributed by atoms with Gasteiger partial charge < -0.3 is 0 Å². The van der Waals surface area contributed by atoms with Gasteiger partial charge in [-0.15, -0.1) is 0 Å². The van der Waals surface area contributed by atoms with Gasteiger partial charge in [0.2, 0.25) is 0 Å². The number of hydrogen-bond acceptors (Lipinski definition) is 0. The van der Waals surface area contributed by atoms with Crippen LogP contribution in [0.25, 0.3) is 0 Å². The molecule has 0 unspecified atom stereocenters. The van der Waals surface area contributed by atoms with Crippen molar-refractivity contribution < 1.29 is 0 Å². The van der Waals surface area contributed by atoms with E-state index in [4.69, 9.17) is 0 Å². The molecule has 0 radical (unpaired) electrons. The molecule has 0 fully saturated rings. The maximum atomic E-state index is 4.01. The van der Waals surface area contributed by atoms with Gasteiger partial charge >= 0.3 is 0 Å². The van der Waals surface area contributed by atoms with Gasteiger partial charge in [0.05, 0.1) is 0 Å². The molecule has 0 aromatic rings. The van der Waals surface area contributed by atoms with Crippen molar-refractivity contribution in [2.75, 3.05) is 0 Å². The summed E-state index contributed by atoms with van der Waals surface area (Å²) in [4.78, 5) is 0. The second-order valence-electron chi connectivity index (χ2n) is 4.19. The lowest BCUT2D eigenvalue weighted by Gasteiger charge is -2.02. The molecule has 0 heteroatoms. The molecule has 0 aromatic heterocycles. The average molecular weight is 192 g/mol. The van der Waals surface area contributed by atoms with Crippen LogP contribution in [0.5, 0.6) is 0 Å². The summed E-state index contributed by atoms with van der Waals surface area (Å²) in [7, 11) is 0. The van der Waals surface area contributed by atoms with E-state index in [1.165, 1.54) is 24.8 Å². The van der Waals surface area contributed by atoms with Crippen molar-refractivity contribution in [3.8, 4) is 0 Å². The van der Waals surface area contributed by atoms with E-state index in [9.17, 15) is 0 Å². The number of rotatable bonds is 7. The summed E-state index contributed by atoms with van der Waals surface area (Å²) in [5.74, 6) is 0.705. The molecule has 0 saturated heterocycles. The second-order valence-corrected chi connectivity index (χ2v) is 4.19. The monoisotopic (exact) mass is 192 g/mol. The van der Waals surface area contributed by atoms with Gasteiger partial charge in [-0.25, -0.2) is 0 Å². The molecule has 0 aliphatic heterocycles. The standard InChI is InChI=1S/C14H24/c1-5-6-7-8-9-10-11-14(4)12-13(2)3/h8-11,13H,4-7,12H2,1-3H3/b9-8-,11-10-. The molecule has 0 aliphatic carbocycles. The van der Waals surface area contributed by atoms with Crippen molar-refractivity contribution in [1.82, 2.24) is 0 Å². The highest BCUT2D eigenvalue weighted by atomic mass is 14.0. The van der Waals surface area contributed by atoms with Crippen LogP contribution in [0.4, 0.5) is 0 Å². The first-order valence-corrected chi connectivity index (χ1v) is 5.67. The van der Waals surface area contributed by atoms with Gasteiger partial charge in [0.15, 0.2) is 0 Å². The fourth-order valence-electron chi connectivity index (χ4n) is 1.28. The van der Waals surface area contributed by atoms with Crippen LogP contribution in [0.1, 0.15) is 46.5 Å². The Bertz CT molecular complexity index is 194. The smallest absolute Gasteiger partial charge is 0.0262 e. The van der Waals surface area contributed by atoms with E-state index in [2.05, 4.69) is 51.7 Å². The highest BCUT2D eigenvalue weighted by Gasteiger charge is 1.93. The quantitative estimate of drug-likeness (QED) is 0.398. The summed E-state index contributed by atoms with van der Waals surface area (Å²) < 4.78 is 0. The van der Waals surface area contributed by atoms with E-state index in [1.54, 1.807) is 0 Å². The van der Waals surface area contributed by atoms with Gasteiger partial charge in [-0.3, -0.25) is 0 Å². The molecule has 0 saturated carbocycles. The fraction of sp³-hybridized carbons (Fsp3) is 0.571. The van der Waals surface area contributed by atoms with Crippen LogP contribution in [-0.4, -0.2) is 0 Å².